The number of rotatable bonds is 5. The van der Waals surface area contributed by atoms with Gasteiger partial charge in [0.05, 0.1) is 12.2 Å². The van der Waals surface area contributed by atoms with Crippen molar-refractivity contribution in [1.82, 2.24) is 0 Å². The van der Waals surface area contributed by atoms with E-state index in [1.807, 2.05) is 0 Å². The molecule has 1 aliphatic rings. The van der Waals surface area contributed by atoms with E-state index in [4.69, 9.17) is 9.47 Å². The van der Waals surface area contributed by atoms with Crippen molar-refractivity contribution in [3.63, 3.8) is 0 Å². The summed E-state index contributed by atoms with van der Waals surface area (Å²) in [5.74, 6) is -2.10. The van der Waals surface area contributed by atoms with Crippen LogP contribution in [0.15, 0.2) is 36.4 Å². The molecule has 3 rings (SSSR count). The molecular formula is C21H22F2O7. The lowest BCUT2D eigenvalue weighted by Gasteiger charge is -2.40. The van der Waals surface area contributed by atoms with Crippen molar-refractivity contribution in [2.24, 2.45) is 0 Å². The highest BCUT2D eigenvalue weighted by molar-refractivity contribution is 5.69. The average Bonchev–Trinajstić information content (AvgIpc) is 2.68. The summed E-state index contributed by atoms with van der Waals surface area (Å²) in [6.07, 6.45) is -7.84. The van der Waals surface area contributed by atoms with Gasteiger partial charge in [0, 0.05) is 6.92 Å². The van der Waals surface area contributed by atoms with Crippen LogP contribution >= 0.6 is 0 Å². The molecule has 1 saturated heterocycles. The monoisotopic (exact) mass is 424 g/mol. The number of benzene rings is 2. The molecule has 7 nitrogen and oxygen atoms in total. The lowest BCUT2D eigenvalue weighted by atomic mass is 9.90. The lowest BCUT2D eigenvalue weighted by Crippen LogP contribution is -2.55. The molecule has 0 aromatic heterocycles. The average molecular weight is 424 g/mol. The Morgan fingerprint density at radius 3 is 2.13 bits per heavy atom. The smallest absolute Gasteiger partial charge is 0.308 e. The van der Waals surface area contributed by atoms with Gasteiger partial charge in [-0.3, -0.25) is 4.79 Å². The molecule has 0 unspecified atom stereocenters. The minimum absolute atomic E-state index is 0.184. The second-order valence-electron chi connectivity index (χ2n) is 7.14. The Bertz CT molecular complexity index is 878. The quantitative estimate of drug-likeness (QED) is 0.418. The highest BCUT2D eigenvalue weighted by atomic mass is 19.1. The minimum Gasteiger partial charge on any atom is -0.427 e. The molecule has 0 bridgehead atoms. The number of aliphatic hydroxyl groups excluding tert-OH is 4. The van der Waals surface area contributed by atoms with Crippen LogP contribution < -0.4 is 4.74 Å². The number of hydrogen-bond acceptors (Lipinski definition) is 7. The Morgan fingerprint density at radius 2 is 1.60 bits per heavy atom. The van der Waals surface area contributed by atoms with Crippen LogP contribution in [0.2, 0.25) is 0 Å². The van der Waals surface area contributed by atoms with Crippen LogP contribution in [0, 0.1) is 11.6 Å². The Kier molecular flexibility index (Phi) is 6.79. The summed E-state index contributed by atoms with van der Waals surface area (Å²) >= 11 is 0. The molecule has 162 valence electrons. The van der Waals surface area contributed by atoms with Gasteiger partial charge in [-0.2, -0.15) is 0 Å². The zero-order chi connectivity index (χ0) is 22.0. The Morgan fingerprint density at radius 1 is 1.00 bits per heavy atom. The van der Waals surface area contributed by atoms with Gasteiger partial charge in [0.2, 0.25) is 0 Å². The lowest BCUT2D eigenvalue weighted by molar-refractivity contribution is -0.232. The van der Waals surface area contributed by atoms with Crippen molar-refractivity contribution in [1.29, 1.82) is 0 Å². The number of aliphatic hydroxyl groups is 4. The summed E-state index contributed by atoms with van der Waals surface area (Å²) in [5, 5.41) is 39.1. The first-order valence-corrected chi connectivity index (χ1v) is 9.27. The molecule has 9 heteroatoms. The maximum atomic E-state index is 14.7. The number of ether oxygens (including phenoxy) is 2. The molecule has 30 heavy (non-hydrogen) atoms. The number of esters is 1. The van der Waals surface area contributed by atoms with Crippen LogP contribution in [-0.4, -0.2) is 57.4 Å². The summed E-state index contributed by atoms with van der Waals surface area (Å²) < 4.78 is 39.7. The predicted octanol–water partition coefficient (Wildman–Crippen LogP) is 0.996. The Hall–Kier alpha value is -2.43. The second kappa shape index (κ2) is 9.15. The van der Waals surface area contributed by atoms with Crippen LogP contribution in [0.3, 0.4) is 0 Å². The number of carbonyl (C=O) groups excluding carboxylic acids is 1. The van der Waals surface area contributed by atoms with Crippen LogP contribution in [0.1, 0.15) is 29.7 Å². The van der Waals surface area contributed by atoms with Crippen molar-refractivity contribution >= 4 is 5.97 Å². The fourth-order valence-corrected chi connectivity index (χ4v) is 3.43. The van der Waals surface area contributed by atoms with E-state index < -0.39 is 60.3 Å². The van der Waals surface area contributed by atoms with Crippen molar-refractivity contribution < 1.29 is 43.5 Å². The van der Waals surface area contributed by atoms with Crippen molar-refractivity contribution in [2.75, 3.05) is 6.61 Å². The van der Waals surface area contributed by atoms with Crippen LogP contribution in [0.25, 0.3) is 0 Å². The van der Waals surface area contributed by atoms with Gasteiger partial charge in [-0.15, -0.1) is 0 Å². The fourth-order valence-electron chi connectivity index (χ4n) is 3.43. The summed E-state index contributed by atoms with van der Waals surface area (Å²) in [7, 11) is 0. The zero-order valence-corrected chi connectivity index (χ0v) is 16.0. The van der Waals surface area contributed by atoms with E-state index in [1.165, 1.54) is 6.92 Å². The molecule has 4 N–H and O–H groups in total. The minimum atomic E-state index is -1.79. The predicted molar refractivity (Wildman–Crippen MR) is 99.6 cm³/mol. The van der Waals surface area contributed by atoms with Gasteiger partial charge in [-0.25, -0.2) is 8.78 Å². The second-order valence-corrected chi connectivity index (χ2v) is 7.14. The summed E-state index contributed by atoms with van der Waals surface area (Å²) in [6.45, 7) is 0.572. The molecule has 5 atom stereocenters. The first-order valence-electron chi connectivity index (χ1n) is 9.27. The third-order valence-corrected chi connectivity index (χ3v) is 4.91. The van der Waals surface area contributed by atoms with Gasteiger partial charge < -0.3 is 29.9 Å². The molecule has 2 aromatic rings. The summed E-state index contributed by atoms with van der Waals surface area (Å²) in [4.78, 5) is 11.0. The standard InChI is InChI=1S/C21H22F2O7/c1-10(25)29-13-4-2-11(3-5-13)6-12-7-14(22)17(15(23)8-12)21-20(28)19(27)18(26)16(9-24)30-21/h2-5,7-8,16,18-21,24,26-28H,6,9H2,1H3/t16-,18-,19+,20-,21+/m1/s1. The third kappa shape index (κ3) is 4.66. The van der Waals surface area contributed by atoms with Gasteiger partial charge in [0.25, 0.3) is 0 Å². The Balaban J connectivity index is 1.82. The van der Waals surface area contributed by atoms with Gasteiger partial charge in [-0.1, -0.05) is 12.1 Å². The van der Waals surface area contributed by atoms with Crippen LogP contribution in [-0.2, 0) is 16.0 Å². The topological polar surface area (TPSA) is 116 Å². The van der Waals surface area contributed by atoms with Crippen molar-refractivity contribution in [3.8, 4) is 5.75 Å². The summed E-state index contributed by atoms with van der Waals surface area (Å²) in [5.41, 5.74) is 0.421. The molecule has 0 amide bonds. The molecule has 0 saturated carbocycles. The normalized spacial score (nSPS) is 26.4. The van der Waals surface area contributed by atoms with E-state index in [0.717, 1.165) is 12.1 Å². The SMILES string of the molecule is CC(=O)Oc1ccc(Cc2cc(F)c([C@@H]3O[C@H](CO)[C@@H](O)[C@H](O)[C@H]3O)c(F)c2)cc1. The van der Waals surface area contributed by atoms with Crippen molar-refractivity contribution in [3.05, 3.63) is 64.7 Å². The van der Waals surface area contributed by atoms with Gasteiger partial charge >= 0.3 is 5.97 Å². The third-order valence-electron chi connectivity index (χ3n) is 4.91. The van der Waals surface area contributed by atoms with Crippen molar-refractivity contribution in [2.45, 2.75) is 43.9 Å². The van der Waals surface area contributed by atoms with Gasteiger partial charge in [-0.05, 0) is 41.8 Å². The van der Waals surface area contributed by atoms with Gasteiger partial charge in [0.1, 0.15) is 47.9 Å². The summed E-state index contributed by atoms with van der Waals surface area (Å²) in [6, 6.07) is 8.59. The first-order chi connectivity index (χ1) is 14.2. The largest absolute Gasteiger partial charge is 0.427 e. The first kappa shape index (κ1) is 22.3. The van der Waals surface area contributed by atoms with E-state index >= 15 is 0 Å². The maximum Gasteiger partial charge on any atom is 0.308 e. The Labute approximate surface area is 171 Å². The van der Waals surface area contributed by atoms with E-state index in [1.54, 1.807) is 24.3 Å². The molecule has 1 fully saturated rings. The highest BCUT2D eigenvalue weighted by Gasteiger charge is 2.45. The molecule has 1 aliphatic heterocycles. The number of hydrogen-bond donors (Lipinski definition) is 4. The molecule has 0 spiro atoms. The van der Waals surface area contributed by atoms with E-state index in [9.17, 15) is 34.0 Å². The highest BCUT2D eigenvalue weighted by Crippen LogP contribution is 2.35. The zero-order valence-electron chi connectivity index (χ0n) is 16.0. The van der Waals surface area contributed by atoms with E-state index in [0.29, 0.717) is 16.9 Å². The van der Waals surface area contributed by atoms with E-state index in [2.05, 4.69) is 0 Å². The number of carbonyl (C=O) groups is 1. The molecule has 2 aromatic carbocycles. The molecule has 0 aliphatic carbocycles. The maximum absolute atomic E-state index is 14.7. The molecular weight excluding hydrogens is 402 g/mol. The molecule has 0 radical (unpaired) electrons. The van der Waals surface area contributed by atoms with Crippen LogP contribution in [0.5, 0.6) is 5.75 Å². The van der Waals surface area contributed by atoms with Gasteiger partial charge in [0.15, 0.2) is 0 Å². The molecule has 1 heterocycles. The fraction of sp³-hybridized carbons (Fsp3) is 0.381. The number of halogens is 2. The van der Waals surface area contributed by atoms with Crippen LogP contribution in [0.4, 0.5) is 8.78 Å². The van der Waals surface area contributed by atoms with E-state index in [-0.39, 0.29) is 6.42 Å².